The van der Waals surface area contributed by atoms with Gasteiger partial charge in [0.1, 0.15) is 0 Å². The van der Waals surface area contributed by atoms with Crippen molar-refractivity contribution in [3.05, 3.63) is 70.8 Å². The van der Waals surface area contributed by atoms with Gasteiger partial charge in [0.15, 0.2) is 0 Å². The van der Waals surface area contributed by atoms with Crippen LogP contribution in [0.1, 0.15) is 255 Å². The van der Waals surface area contributed by atoms with Crippen LogP contribution >= 0.6 is 0 Å². The average molecular weight is 724 g/mol. The summed E-state index contributed by atoms with van der Waals surface area (Å²) in [4.78, 5) is 0. The highest BCUT2D eigenvalue weighted by Gasteiger charge is 2.25. The molecule has 0 amide bonds. The highest BCUT2D eigenvalue weighted by Crippen LogP contribution is 2.46. The summed E-state index contributed by atoms with van der Waals surface area (Å²) in [6, 6.07) is 19.2. The smallest absolute Gasteiger partial charge is 0.0502 e. The third kappa shape index (κ3) is 15.4. The van der Waals surface area contributed by atoms with E-state index in [1.807, 2.05) is 0 Å². The van der Waals surface area contributed by atoms with Gasteiger partial charge in [-0.25, -0.2) is 0 Å². The van der Waals surface area contributed by atoms with E-state index in [2.05, 4.69) is 109 Å². The molecule has 1 N–H and O–H groups in total. The molecule has 298 valence electrons. The van der Waals surface area contributed by atoms with Crippen molar-refractivity contribution < 1.29 is 0 Å². The zero-order valence-corrected chi connectivity index (χ0v) is 36.4. The summed E-state index contributed by atoms with van der Waals surface area (Å²) < 4.78 is 0. The van der Waals surface area contributed by atoms with E-state index in [1.165, 1.54) is 171 Å². The molecule has 0 fully saturated rings. The van der Waals surface area contributed by atoms with Gasteiger partial charge in [0.05, 0.1) is 5.69 Å². The highest BCUT2D eigenvalue weighted by molar-refractivity contribution is 6.02. The first kappa shape index (κ1) is 45.1. The predicted molar refractivity (Wildman–Crippen MR) is 241 cm³/mol. The van der Waals surface area contributed by atoms with Crippen molar-refractivity contribution in [1.82, 2.24) is 0 Å². The van der Waals surface area contributed by atoms with Crippen LogP contribution < -0.4 is 5.32 Å². The van der Waals surface area contributed by atoms with Crippen LogP contribution in [-0.4, -0.2) is 0 Å². The Hall–Kier alpha value is -2.28. The number of nitrogens with one attached hydrogen (secondary N) is 1. The lowest BCUT2D eigenvalue weighted by Gasteiger charge is -2.29. The van der Waals surface area contributed by atoms with E-state index in [1.54, 1.807) is 27.6 Å². The van der Waals surface area contributed by atoms with Gasteiger partial charge in [0.25, 0.3) is 0 Å². The van der Waals surface area contributed by atoms with Crippen molar-refractivity contribution in [2.24, 2.45) is 0 Å². The molecule has 1 nitrogen and oxygen atoms in total. The lowest BCUT2D eigenvalue weighted by molar-refractivity contribution is 0.559. The first-order chi connectivity index (χ1) is 25.9. The molecule has 53 heavy (non-hydrogen) atoms. The molecule has 0 saturated carbocycles. The number of rotatable bonds is 30. The molecule has 0 heterocycles. The van der Waals surface area contributed by atoms with Crippen LogP contribution in [0.2, 0.25) is 0 Å². The van der Waals surface area contributed by atoms with Gasteiger partial charge in [-0.2, -0.15) is 0 Å². The molecule has 0 saturated heterocycles. The van der Waals surface area contributed by atoms with Crippen LogP contribution in [0.25, 0.3) is 10.8 Å². The Labute approximate surface area is 330 Å². The number of fused-ring (bicyclic) bond motifs is 1. The van der Waals surface area contributed by atoms with Crippen molar-refractivity contribution in [2.75, 3.05) is 5.32 Å². The SMILES string of the molecule is CCCCCCCC(C)c1cc(C(C)CCCCCCC)c2c(Nc3ccccc3)c(C(C)CCCCCCC)cc(C(C)CCCCCCC)c2c1. The molecule has 0 aliphatic rings. The summed E-state index contributed by atoms with van der Waals surface area (Å²) >= 11 is 0. The zero-order chi connectivity index (χ0) is 38.3. The van der Waals surface area contributed by atoms with E-state index < -0.39 is 0 Å². The van der Waals surface area contributed by atoms with E-state index in [9.17, 15) is 0 Å². The van der Waals surface area contributed by atoms with Crippen molar-refractivity contribution in [2.45, 2.75) is 233 Å². The number of benzene rings is 3. The second kappa shape index (κ2) is 26.5. The lowest BCUT2D eigenvalue weighted by atomic mass is 9.78. The first-order valence-corrected chi connectivity index (χ1v) is 23.3. The van der Waals surface area contributed by atoms with Gasteiger partial charge < -0.3 is 5.32 Å². The van der Waals surface area contributed by atoms with Crippen LogP contribution in [0.3, 0.4) is 0 Å². The van der Waals surface area contributed by atoms with Gasteiger partial charge in [-0.05, 0) is 89.1 Å². The zero-order valence-electron chi connectivity index (χ0n) is 36.4. The Morgan fingerprint density at radius 3 is 1.30 bits per heavy atom. The van der Waals surface area contributed by atoms with Gasteiger partial charge in [-0.15, -0.1) is 0 Å². The predicted octanol–water partition coefficient (Wildman–Crippen LogP) is 18.4. The van der Waals surface area contributed by atoms with Gasteiger partial charge in [0.2, 0.25) is 0 Å². The number of hydrogen-bond donors (Lipinski definition) is 1. The summed E-state index contributed by atoms with van der Waals surface area (Å²) in [7, 11) is 0. The molecule has 1 heteroatoms. The van der Waals surface area contributed by atoms with Crippen LogP contribution in [-0.2, 0) is 0 Å². The lowest BCUT2D eigenvalue weighted by Crippen LogP contribution is -2.09. The van der Waals surface area contributed by atoms with Crippen LogP contribution in [0.15, 0.2) is 48.5 Å². The van der Waals surface area contributed by atoms with Crippen LogP contribution in [0.4, 0.5) is 11.4 Å². The quantitative estimate of drug-likeness (QED) is 0.0675. The minimum atomic E-state index is 0.515. The Balaban J connectivity index is 2.23. The molecule has 3 aromatic rings. The number of para-hydroxylation sites is 1. The third-order valence-electron chi connectivity index (χ3n) is 12.5. The van der Waals surface area contributed by atoms with Crippen LogP contribution in [0, 0.1) is 0 Å². The monoisotopic (exact) mass is 724 g/mol. The summed E-state index contributed by atoms with van der Waals surface area (Å²) in [5, 5.41) is 7.21. The fourth-order valence-electron chi connectivity index (χ4n) is 8.78. The van der Waals surface area contributed by atoms with E-state index in [-0.39, 0.29) is 0 Å². The topological polar surface area (TPSA) is 12.0 Å². The van der Waals surface area contributed by atoms with Gasteiger partial charge in [0, 0.05) is 11.1 Å². The minimum absolute atomic E-state index is 0.515. The summed E-state index contributed by atoms with van der Waals surface area (Å²) in [5.41, 5.74) is 8.98. The number of unbranched alkanes of at least 4 members (excludes halogenated alkanes) is 16. The molecule has 0 aliphatic heterocycles. The molecular formula is C52H85N. The van der Waals surface area contributed by atoms with Crippen molar-refractivity contribution >= 4 is 22.1 Å². The highest BCUT2D eigenvalue weighted by atomic mass is 14.9. The molecular weight excluding hydrogens is 639 g/mol. The Morgan fingerprint density at radius 2 is 0.830 bits per heavy atom. The summed E-state index contributed by atoms with van der Waals surface area (Å²) in [5.74, 6) is 2.18. The summed E-state index contributed by atoms with van der Waals surface area (Å²) in [6.07, 6.45) is 32.2. The fraction of sp³-hybridized carbons (Fsp3) is 0.692. The Morgan fingerprint density at radius 1 is 0.415 bits per heavy atom. The molecule has 0 radical (unpaired) electrons. The second-order valence-corrected chi connectivity index (χ2v) is 17.4. The van der Waals surface area contributed by atoms with Gasteiger partial charge >= 0.3 is 0 Å². The van der Waals surface area contributed by atoms with E-state index in [0.717, 1.165) is 0 Å². The second-order valence-electron chi connectivity index (χ2n) is 17.4. The molecule has 3 rings (SSSR count). The Bertz CT molecular complexity index is 1370. The van der Waals surface area contributed by atoms with Crippen molar-refractivity contribution in [3.8, 4) is 0 Å². The standard InChI is InChI=1S/C52H85N/c1-9-13-17-21-26-32-41(5)45-38-48(43(7)34-28-23-19-15-11-3)51-50(39-45)47(42(6)33-27-22-18-14-10-2)40-49(44(8)35-29-24-20-16-12-4)52(51)53-46-36-30-25-31-37-46/h25,30-31,36-44,53H,9-24,26-29,32-35H2,1-8H3. The number of anilines is 2. The summed E-state index contributed by atoms with van der Waals surface area (Å²) in [6.45, 7) is 19.5. The van der Waals surface area contributed by atoms with Crippen LogP contribution in [0.5, 0.6) is 0 Å². The van der Waals surface area contributed by atoms with Crippen molar-refractivity contribution in [3.63, 3.8) is 0 Å². The third-order valence-corrected chi connectivity index (χ3v) is 12.5. The number of hydrogen-bond acceptors (Lipinski definition) is 1. The molecule has 0 aliphatic carbocycles. The maximum absolute atomic E-state index is 4.12. The molecule has 0 aromatic heterocycles. The largest absolute Gasteiger partial charge is 0.355 e. The Kier molecular flexibility index (Phi) is 22.6. The normalized spacial score (nSPS) is 14.0. The van der Waals surface area contributed by atoms with E-state index in [4.69, 9.17) is 0 Å². The maximum atomic E-state index is 4.12. The van der Waals surface area contributed by atoms with Crippen molar-refractivity contribution in [1.29, 1.82) is 0 Å². The molecule has 3 aromatic carbocycles. The van der Waals surface area contributed by atoms with E-state index in [0.29, 0.717) is 23.7 Å². The molecule has 4 unspecified atom stereocenters. The molecule has 0 spiro atoms. The van der Waals surface area contributed by atoms with E-state index >= 15 is 0 Å². The fourth-order valence-corrected chi connectivity index (χ4v) is 8.78. The van der Waals surface area contributed by atoms with Gasteiger partial charge in [-0.3, -0.25) is 0 Å². The molecule has 4 atom stereocenters. The molecule has 0 bridgehead atoms. The van der Waals surface area contributed by atoms with Gasteiger partial charge in [-0.1, -0.05) is 220 Å². The maximum Gasteiger partial charge on any atom is 0.0502 e. The minimum Gasteiger partial charge on any atom is -0.355 e. The first-order valence-electron chi connectivity index (χ1n) is 23.3. The average Bonchev–Trinajstić information content (AvgIpc) is 3.17.